The van der Waals surface area contributed by atoms with Crippen molar-refractivity contribution in [2.45, 2.75) is 43.9 Å². The molecule has 1 aromatic heterocycles. The van der Waals surface area contributed by atoms with E-state index in [0.29, 0.717) is 0 Å². The van der Waals surface area contributed by atoms with Gasteiger partial charge in [0.15, 0.2) is 0 Å². The molecule has 2 fully saturated rings. The van der Waals surface area contributed by atoms with Gasteiger partial charge in [0.25, 0.3) is 0 Å². The van der Waals surface area contributed by atoms with Crippen molar-refractivity contribution < 1.29 is 0 Å². The predicted octanol–water partition coefficient (Wildman–Crippen LogP) is 0.0278. The van der Waals surface area contributed by atoms with E-state index in [1.807, 2.05) is 12.1 Å². The molecular weight excluding hydrogens is 316 g/mol. The van der Waals surface area contributed by atoms with Gasteiger partial charge in [0.2, 0.25) is 11.7 Å². The Morgan fingerprint density at radius 1 is 1.08 bits per heavy atom. The van der Waals surface area contributed by atoms with Crippen LogP contribution in [0.1, 0.15) is 37.7 Å². The van der Waals surface area contributed by atoms with Crippen LogP contribution < -0.4 is 27.2 Å². The summed E-state index contributed by atoms with van der Waals surface area (Å²) in [7, 11) is 0. The first-order valence-corrected chi connectivity index (χ1v) is 9.27. The molecule has 6 N–H and O–H groups in total. The monoisotopic (exact) mass is 344 g/mol. The minimum Gasteiger partial charge on any atom is -0.369 e. The molecule has 8 heteroatoms. The molecule has 1 atom stereocenters. The smallest absolute Gasteiger partial charge is 0.210 e. The summed E-state index contributed by atoms with van der Waals surface area (Å²) in [5, 5.41) is 0. The maximum atomic E-state index is 6.21. The van der Waals surface area contributed by atoms with Crippen LogP contribution in [0, 0.1) is 0 Å². The summed E-state index contributed by atoms with van der Waals surface area (Å²) in [6, 6.07) is 4.80. The second-order valence-electron chi connectivity index (χ2n) is 7.23. The number of hydrazine groups is 1. The quantitative estimate of drug-likeness (QED) is 0.612. The minimum atomic E-state index is -1.05. The fraction of sp³-hybridized carbons (Fsp3) is 0.647. The van der Waals surface area contributed by atoms with Gasteiger partial charge in [-0.2, -0.15) is 5.43 Å². The van der Waals surface area contributed by atoms with Crippen molar-refractivity contribution in [3.05, 3.63) is 23.9 Å². The third kappa shape index (κ3) is 3.42. The second kappa shape index (κ2) is 6.78. The van der Waals surface area contributed by atoms with Gasteiger partial charge in [0.05, 0.1) is 0 Å². The van der Waals surface area contributed by atoms with Crippen LogP contribution in [0.3, 0.4) is 0 Å². The minimum absolute atomic E-state index is 0.283. The molecule has 2 aliphatic heterocycles. The summed E-state index contributed by atoms with van der Waals surface area (Å²) in [5.41, 5.74) is 18.3. The van der Waals surface area contributed by atoms with E-state index >= 15 is 0 Å². The number of nitrogens with zero attached hydrogens (tertiary/aromatic N) is 4. The molecule has 8 nitrogen and oxygen atoms in total. The Kier molecular flexibility index (Phi) is 4.49. The van der Waals surface area contributed by atoms with Crippen LogP contribution >= 0.6 is 0 Å². The molecule has 0 aromatic carbocycles. The van der Waals surface area contributed by atoms with E-state index in [-0.39, 0.29) is 5.96 Å². The van der Waals surface area contributed by atoms with Crippen LogP contribution in [0.2, 0.25) is 0 Å². The molecule has 3 aliphatic rings. The SMILES string of the molecule is NC1=NC(N)(c2ccc(N3CCCN(C4CCCC4)CC3)nc2)NN1. The average molecular weight is 344 g/mol. The Bertz CT molecular complexity index is 624. The first-order valence-electron chi connectivity index (χ1n) is 9.27. The van der Waals surface area contributed by atoms with Crippen LogP contribution in [0.4, 0.5) is 5.82 Å². The van der Waals surface area contributed by atoms with Crippen LogP contribution in [0.5, 0.6) is 0 Å². The number of hydrogen-bond acceptors (Lipinski definition) is 8. The number of nitrogens with two attached hydrogens (primary N) is 2. The molecule has 136 valence electrons. The number of nitrogens with one attached hydrogen (secondary N) is 2. The summed E-state index contributed by atoms with van der Waals surface area (Å²) in [4.78, 5) is 13.9. The summed E-state index contributed by atoms with van der Waals surface area (Å²) in [5.74, 6) is 0.239. The van der Waals surface area contributed by atoms with Crippen LogP contribution in [0.25, 0.3) is 0 Å². The van der Waals surface area contributed by atoms with Gasteiger partial charge in [-0.25, -0.2) is 9.98 Å². The first kappa shape index (κ1) is 16.6. The highest BCUT2D eigenvalue weighted by Gasteiger charge is 2.32. The standard InChI is InChI=1S/C17H28N8/c18-16-21-17(19,23-22-16)13-6-7-15(20-12-13)25-9-3-8-24(10-11-25)14-4-1-2-5-14/h6-7,12,14,23H,1-5,8-11,19H2,(H3,18,21,22). The zero-order valence-corrected chi connectivity index (χ0v) is 14.6. The maximum Gasteiger partial charge on any atom is 0.210 e. The second-order valence-corrected chi connectivity index (χ2v) is 7.23. The number of rotatable bonds is 3. The third-order valence-electron chi connectivity index (χ3n) is 5.56. The lowest BCUT2D eigenvalue weighted by Gasteiger charge is -2.27. The number of hydrogen-bond donors (Lipinski definition) is 4. The Labute approximate surface area is 148 Å². The molecule has 0 amide bonds. The molecule has 4 rings (SSSR count). The Morgan fingerprint density at radius 3 is 2.60 bits per heavy atom. The van der Waals surface area contributed by atoms with Gasteiger partial charge >= 0.3 is 0 Å². The van der Waals surface area contributed by atoms with Crippen LogP contribution in [-0.2, 0) is 5.79 Å². The molecule has 3 heterocycles. The first-order chi connectivity index (χ1) is 12.1. The normalized spacial score (nSPS) is 28.7. The van der Waals surface area contributed by atoms with Crippen LogP contribution in [-0.4, -0.2) is 48.1 Å². The summed E-state index contributed by atoms with van der Waals surface area (Å²) in [6.07, 6.45) is 8.50. The van der Waals surface area contributed by atoms with Gasteiger partial charge in [0, 0.05) is 44.0 Å². The maximum absolute atomic E-state index is 6.21. The molecule has 1 aromatic rings. The van der Waals surface area contributed by atoms with Crippen LogP contribution in [0.15, 0.2) is 23.3 Å². The highest BCUT2D eigenvalue weighted by Crippen LogP contribution is 2.25. The van der Waals surface area contributed by atoms with Crippen molar-refractivity contribution in [3.8, 4) is 0 Å². The summed E-state index contributed by atoms with van der Waals surface area (Å²) < 4.78 is 0. The average Bonchev–Trinajstić information content (AvgIpc) is 3.20. The van der Waals surface area contributed by atoms with E-state index < -0.39 is 5.79 Å². The zero-order valence-electron chi connectivity index (χ0n) is 14.6. The fourth-order valence-electron chi connectivity index (χ4n) is 4.14. The van der Waals surface area contributed by atoms with Crippen molar-refractivity contribution >= 4 is 11.8 Å². The van der Waals surface area contributed by atoms with Gasteiger partial charge in [-0.15, -0.1) is 0 Å². The van der Waals surface area contributed by atoms with Gasteiger partial charge < -0.3 is 10.6 Å². The van der Waals surface area contributed by atoms with E-state index in [9.17, 15) is 0 Å². The molecule has 0 spiro atoms. The molecule has 1 unspecified atom stereocenters. The number of guanidine groups is 1. The number of anilines is 1. The molecule has 0 radical (unpaired) electrons. The van der Waals surface area contributed by atoms with Gasteiger partial charge in [-0.05, 0) is 31.4 Å². The summed E-state index contributed by atoms with van der Waals surface area (Å²) >= 11 is 0. The van der Waals surface area contributed by atoms with Gasteiger partial charge in [0.1, 0.15) is 5.82 Å². The van der Waals surface area contributed by atoms with Gasteiger partial charge in [-0.3, -0.25) is 16.1 Å². The Hall–Kier alpha value is -1.90. The molecular formula is C17H28N8. The van der Waals surface area contributed by atoms with Crippen molar-refractivity contribution in [1.29, 1.82) is 0 Å². The Balaban J connectivity index is 1.42. The topological polar surface area (TPSA) is 108 Å². The van der Waals surface area contributed by atoms with E-state index in [1.165, 1.54) is 38.6 Å². The van der Waals surface area contributed by atoms with Crippen molar-refractivity contribution in [2.75, 3.05) is 31.1 Å². The molecule has 1 saturated heterocycles. The lowest BCUT2D eigenvalue weighted by atomic mass is 10.1. The predicted molar refractivity (Wildman–Crippen MR) is 98.7 cm³/mol. The van der Waals surface area contributed by atoms with E-state index in [4.69, 9.17) is 11.5 Å². The highest BCUT2D eigenvalue weighted by molar-refractivity contribution is 5.79. The van der Waals surface area contributed by atoms with E-state index in [0.717, 1.165) is 37.1 Å². The third-order valence-corrected chi connectivity index (χ3v) is 5.56. The number of pyridine rings is 1. The largest absolute Gasteiger partial charge is 0.369 e. The van der Waals surface area contributed by atoms with Crippen molar-refractivity contribution in [2.24, 2.45) is 16.5 Å². The lowest BCUT2D eigenvalue weighted by Crippen LogP contribution is -2.50. The zero-order chi connectivity index (χ0) is 17.3. The van der Waals surface area contributed by atoms with Crippen molar-refractivity contribution in [3.63, 3.8) is 0 Å². The Morgan fingerprint density at radius 2 is 1.92 bits per heavy atom. The summed E-state index contributed by atoms with van der Waals surface area (Å²) in [6.45, 7) is 4.41. The van der Waals surface area contributed by atoms with Crippen molar-refractivity contribution in [1.82, 2.24) is 20.7 Å². The fourth-order valence-corrected chi connectivity index (χ4v) is 4.14. The number of aromatic nitrogens is 1. The molecule has 0 bridgehead atoms. The van der Waals surface area contributed by atoms with E-state index in [1.54, 1.807) is 6.20 Å². The van der Waals surface area contributed by atoms with E-state index in [2.05, 4.69) is 30.6 Å². The molecule has 1 saturated carbocycles. The molecule has 25 heavy (non-hydrogen) atoms. The highest BCUT2D eigenvalue weighted by atomic mass is 15.6. The lowest BCUT2D eigenvalue weighted by molar-refractivity contribution is 0.213. The van der Waals surface area contributed by atoms with Gasteiger partial charge in [-0.1, -0.05) is 12.8 Å². The number of aliphatic imine (C=N–C) groups is 1. The molecule has 1 aliphatic carbocycles.